The number of carbonyl (C=O) groups is 1. The van der Waals surface area contributed by atoms with Crippen LogP contribution < -0.4 is 5.32 Å². The second-order valence-corrected chi connectivity index (χ2v) is 4.13. The van der Waals surface area contributed by atoms with Crippen LogP contribution >= 0.6 is 0 Å². The first kappa shape index (κ1) is 11.7. The van der Waals surface area contributed by atoms with Crippen molar-refractivity contribution in [3.8, 4) is 11.8 Å². The summed E-state index contributed by atoms with van der Waals surface area (Å²) < 4.78 is 13.2. The molecule has 1 N–H and O–H groups in total. The number of nitrogens with one attached hydrogen (secondary N) is 1. The number of hydrogen-bond donors (Lipinski definition) is 1. The maximum atomic E-state index is 13.2. The van der Waals surface area contributed by atoms with Gasteiger partial charge in [0.05, 0.1) is 12.1 Å². The zero-order valence-corrected chi connectivity index (χ0v) is 9.50. The number of halogens is 1. The van der Waals surface area contributed by atoms with Crippen molar-refractivity contribution in [3.05, 3.63) is 35.6 Å². The van der Waals surface area contributed by atoms with Crippen molar-refractivity contribution in [2.45, 2.75) is 19.3 Å². The summed E-state index contributed by atoms with van der Waals surface area (Å²) in [4.78, 5) is 11.5. The molecule has 1 amide bonds. The van der Waals surface area contributed by atoms with E-state index in [2.05, 4.69) is 17.2 Å². The van der Waals surface area contributed by atoms with Gasteiger partial charge in [-0.3, -0.25) is 4.79 Å². The van der Waals surface area contributed by atoms with Crippen molar-refractivity contribution in [2.75, 3.05) is 6.54 Å². The van der Waals surface area contributed by atoms with Crippen molar-refractivity contribution < 1.29 is 9.18 Å². The van der Waals surface area contributed by atoms with Gasteiger partial charge in [0.25, 0.3) is 0 Å². The molecule has 2 nitrogen and oxygen atoms in total. The molecule has 0 heterocycles. The van der Waals surface area contributed by atoms with Crippen molar-refractivity contribution in [1.82, 2.24) is 5.32 Å². The largest absolute Gasteiger partial charge is 0.345 e. The van der Waals surface area contributed by atoms with Gasteiger partial charge in [-0.15, -0.1) is 0 Å². The highest BCUT2D eigenvalue weighted by molar-refractivity contribution is 5.79. The summed E-state index contributed by atoms with van der Waals surface area (Å²) in [6.07, 6.45) is 3.10. The Morgan fingerprint density at radius 1 is 1.41 bits per heavy atom. The topological polar surface area (TPSA) is 29.1 Å². The van der Waals surface area contributed by atoms with E-state index in [1.54, 1.807) is 18.2 Å². The van der Waals surface area contributed by atoms with Crippen LogP contribution in [0.1, 0.15) is 24.8 Å². The van der Waals surface area contributed by atoms with Gasteiger partial charge in [-0.2, -0.15) is 0 Å². The molecule has 0 aromatic heterocycles. The van der Waals surface area contributed by atoms with Gasteiger partial charge in [-0.1, -0.05) is 30.4 Å². The Labute approximate surface area is 100 Å². The monoisotopic (exact) mass is 231 g/mol. The Balaban J connectivity index is 1.82. The maximum absolute atomic E-state index is 13.2. The van der Waals surface area contributed by atoms with Crippen LogP contribution in [0.2, 0.25) is 0 Å². The van der Waals surface area contributed by atoms with E-state index in [9.17, 15) is 9.18 Å². The van der Waals surface area contributed by atoms with E-state index in [4.69, 9.17) is 0 Å². The Kier molecular flexibility index (Phi) is 3.77. The highest BCUT2D eigenvalue weighted by atomic mass is 19.1. The molecule has 1 aromatic rings. The fraction of sp³-hybridized carbons (Fsp3) is 0.357. The Hall–Kier alpha value is -1.82. The van der Waals surface area contributed by atoms with Crippen molar-refractivity contribution in [2.24, 2.45) is 5.92 Å². The molecule has 17 heavy (non-hydrogen) atoms. The minimum absolute atomic E-state index is 0.0686. The summed E-state index contributed by atoms with van der Waals surface area (Å²) in [7, 11) is 0. The van der Waals surface area contributed by atoms with Crippen molar-refractivity contribution in [3.63, 3.8) is 0 Å². The molecule has 0 atom stereocenters. The van der Waals surface area contributed by atoms with Crippen LogP contribution in [-0.4, -0.2) is 12.5 Å². The van der Waals surface area contributed by atoms with Crippen molar-refractivity contribution in [1.29, 1.82) is 0 Å². The molecule has 1 saturated carbocycles. The van der Waals surface area contributed by atoms with Crippen LogP contribution in [0.25, 0.3) is 0 Å². The van der Waals surface area contributed by atoms with Crippen molar-refractivity contribution >= 4 is 5.91 Å². The van der Waals surface area contributed by atoms with E-state index in [1.807, 2.05) is 0 Å². The van der Waals surface area contributed by atoms with E-state index in [0.29, 0.717) is 5.56 Å². The summed E-state index contributed by atoms with van der Waals surface area (Å²) in [6, 6.07) is 6.35. The van der Waals surface area contributed by atoms with Gasteiger partial charge in [0.1, 0.15) is 5.82 Å². The molecule has 1 aliphatic carbocycles. The van der Waals surface area contributed by atoms with E-state index < -0.39 is 0 Å². The summed E-state index contributed by atoms with van der Waals surface area (Å²) in [5.41, 5.74) is 0.366. The third-order valence-electron chi connectivity index (χ3n) is 2.92. The normalized spacial score (nSPS) is 14.4. The summed E-state index contributed by atoms with van der Waals surface area (Å²) >= 11 is 0. The van der Waals surface area contributed by atoms with Gasteiger partial charge in [-0.05, 0) is 25.0 Å². The molecular formula is C14H14FNO. The minimum Gasteiger partial charge on any atom is -0.345 e. The van der Waals surface area contributed by atoms with E-state index in [-0.39, 0.29) is 24.2 Å². The zero-order valence-electron chi connectivity index (χ0n) is 9.50. The maximum Gasteiger partial charge on any atom is 0.223 e. The lowest BCUT2D eigenvalue weighted by Crippen LogP contribution is -2.34. The average molecular weight is 231 g/mol. The summed E-state index contributed by atoms with van der Waals surface area (Å²) in [5, 5.41) is 2.74. The average Bonchev–Trinajstić information content (AvgIpc) is 2.24. The first-order valence-corrected chi connectivity index (χ1v) is 5.78. The van der Waals surface area contributed by atoms with Crippen LogP contribution in [0, 0.1) is 23.6 Å². The zero-order chi connectivity index (χ0) is 12.1. The predicted molar refractivity (Wildman–Crippen MR) is 63.6 cm³/mol. The third kappa shape index (κ3) is 3.07. The molecule has 3 heteroatoms. The Morgan fingerprint density at radius 3 is 2.82 bits per heavy atom. The van der Waals surface area contributed by atoms with Gasteiger partial charge in [-0.25, -0.2) is 4.39 Å². The lowest BCUT2D eigenvalue weighted by Gasteiger charge is -2.23. The number of rotatable bonds is 2. The number of hydrogen-bond acceptors (Lipinski definition) is 1. The van der Waals surface area contributed by atoms with Crippen LogP contribution in [0.3, 0.4) is 0 Å². The van der Waals surface area contributed by atoms with Gasteiger partial charge >= 0.3 is 0 Å². The van der Waals surface area contributed by atoms with Gasteiger partial charge in [0.2, 0.25) is 5.91 Å². The second kappa shape index (κ2) is 5.49. The van der Waals surface area contributed by atoms with E-state index >= 15 is 0 Å². The molecule has 1 aliphatic rings. The van der Waals surface area contributed by atoms with Crippen LogP contribution in [0.15, 0.2) is 24.3 Å². The smallest absolute Gasteiger partial charge is 0.223 e. The minimum atomic E-state index is -0.328. The first-order chi connectivity index (χ1) is 8.27. The Morgan fingerprint density at radius 2 is 2.18 bits per heavy atom. The molecule has 0 aliphatic heterocycles. The highest BCUT2D eigenvalue weighted by Crippen LogP contribution is 2.25. The molecule has 88 valence electrons. The van der Waals surface area contributed by atoms with Crippen LogP contribution in [-0.2, 0) is 4.79 Å². The highest BCUT2D eigenvalue weighted by Gasteiger charge is 2.24. The fourth-order valence-electron chi connectivity index (χ4n) is 1.65. The van der Waals surface area contributed by atoms with Crippen LogP contribution in [0.4, 0.5) is 4.39 Å². The molecule has 0 unspecified atom stereocenters. The molecule has 1 aromatic carbocycles. The lowest BCUT2D eigenvalue weighted by molar-refractivity contribution is -0.127. The molecule has 0 radical (unpaired) electrons. The molecular weight excluding hydrogens is 217 g/mol. The molecule has 2 rings (SSSR count). The van der Waals surface area contributed by atoms with Crippen LogP contribution in [0.5, 0.6) is 0 Å². The number of benzene rings is 1. The Bertz CT molecular complexity index is 469. The fourth-order valence-corrected chi connectivity index (χ4v) is 1.65. The second-order valence-electron chi connectivity index (χ2n) is 4.13. The number of carbonyl (C=O) groups excluding carboxylic acids is 1. The van der Waals surface area contributed by atoms with E-state index in [1.165, 1.54) is 6.07 Å². The molecule has 0 spiro atoms. The van der Waals surface area contributed by atoms with Gasteiger partial charge < -0.3 is 5.32 Å². The number of amides is 1. The molecule has 1 fully saturated rings. The summed E-state index contributed by atoms with van der Waals surface area (Å²) in [5.74, 6) is 5.37. The third-order valence-corrected chi connectivity index (χ3v) is 2.92. The van der Waals surface area contributed by atoms with Gasteiger partial charge in [0.15, 0.2) is 0 Å². The van der Waals surface area contributed by atoms with E-state index in [0.717, 1.165) is 19.3 Å². The quantitative estimate of drug-likeness (QED) is 0.776. The standard InChI is InChI=1S/C14H14FNO/c15-13-9-2-1-5-11(13)8-4-10-16-14(17)12-6-3-7-12/h1-2,5,9,12H,3,6-7,10H2,(H,16,17). The van der Waals surface area contributed by atoms with Gasteiger partial charge in [0, 0.05) is 5.92 Å². The predicted octanol–water partition coefficient (Wildman–Crippen LogP) is 2.09. The SMILES string of the molecule is O=C(NCC#Cc1ccccc1F)C1CCC1. The lowest BCUT2D eigenvalue weighted by atomic mass is 9.85. The summed E-state index contributed by atoms with van der Waals surface area (Å²) in [6.45, 7) is 0.281. The molecule has 0 bridgehead atoms. The molecule has 0 saturated heterocycles. The first-order valence-electron chi connectivity index (χ1n) is 5.78.